The number of hydrogen-bond acceptors (Lipinski definition) is 4. The molecule has 0 amide bonds. The molecular weight excluding hydrogens is 292 g/mol. The number of fused-ring (bicyclic) bond motifs is 1. The minimum Gasteiger partial charge on any atom is -0.496 e. The van der Waals surface area contributed by atoms with Gasteiger partial charge in [-0.05, 0) is 50.3 Å². The minimum atomic E-state index is -0.326. The van der Waals surface area contributed by atoms with Gasteiger partial charge in [0.15, 0.2) is 0 Å². The highest BCUT2D eigenvalue weighted by atomic mass is 16.5. The maximum absolute atomic E-state index is 12.3. The predicted molar refractivity (Wildman–Crippen MR) is 86.8 cm³/mol. The van der Waals surface area contributed by atoms with Crippen LogP contribution in [0.25, 0.3) is 0 Å². The van der Waals surface area contributed by atoms with Gasteiger partial charge in [0.05, 0.1) is 31.8 Å². The fourth-order valence-electron chi connectivity index (χ4n) is 3.26. The SMILES string of the molecule is COc1cccc2c1CCCC2n1cncc1C(=O)OC(C)C. The summed E-state index contributed by atoms with van der Waals surface area (Å²) < 4.78 is 12.8. The summed E-state index contributed by atoms with van der Waals surface area (Å²) in [4.78, 5) is 16.5. The summed E-state index contributed by atoms with van der Waals surface area (Å²) in [6, 6.07) is 6.19. The lowest BCUT2D eigenvalue weighted by Gasteiger charge is -2.28. The Labute approximate surface area is 136 Å². The molecule has 0 radical (unpaired) electrons. The van der Waals surface area contributed by atoms with Crippen LogP contribution in [0.15, 0.2) is 30.7 Å². The van der Waals surface area contributed by atoms with E-state index >= 15 is 0 Å². The molecule has 3 rings (SSSR count). The fourth-order valence-corrected chi connectivity index (χ4v) is 3.26. The van der Waals surface area contributed by atoms with Crippen LogP contribution < -0.4 is 4.74 Å². The highest BCUT2D eigenvalue weighted by Gasteiger charge is 2.27. The number of methoxy groups -OCH3 is 1. The zero-order chi connectivity index (χ0) is 16.4. The van der Waals surface area contributed by atoms with E-state index in [9.17, 15) is 4.79 Å². The zero-order valence-electron chi connectivity index (χ0n) is 13.8. The predicted octanol–water partition coefficient (Wildman–Crippen LogP) is 3.38. The quantitative estimate of drug-likeness (QED) is 0.812. The van der Waals surface area contributed by atoms with Crippen LogP contribution in [-0.4, -0.2) is 28.7 Å². The van der Waals surface area contributed by atoms with E-state index in [2.05, 4.69) is 11.1 Å². The van der Waals surface area contributed by atoms with Crippen LogP contribution in [0.4, 0.5) is 0 Å². The molecule has 5 heteroatoms. The topological polar surface area (TPSA) is 53.4 Å². The number of rotatable bonds is 4. The van der Waals surface area contributed by atoms with Crippen molar-refractivity contribution in [3.05, 3.63) is 47.5 Å². The molecule has 122 valence electrons. The van der Waals surface area contributed by atoms with Gasteiger partial charge in [-0.25, -0.2) is 9.78 Å². The molecule has 1 heterocycles. The highest BCUT2D eigenvalue weighted by molar-refractivity contribution is 5.87. The third kappa shape index (κ3) is 2.96. The number of ether oxygens (including phenoxy) is 2. The lowest BCUT2D eigenvalue weighted by molar-refractivity contribution is 0.0363. The van der Waals surface area contributed by atoms with Crippen molar-refractivity contribution in [2.75, 3.05) is 7.11 Å². The first-order valence-electron chi connectivity index (χ1n) is 8.00. The number of carbonyl (C=O) groups excluding carboxylic acids is 1. The summed E-state index contributed by atoms with van der Waals surface area (Å²) in [5.41, 5.74) is 2.93. The van der Waals surface area contributed by atoms with Crippen LogP contribution in [0.1, 0.15) is 54.3 Å². The van der Waals surface area contributed by atoms with Gasteiger partial charge < -0.3 is 14.0 Å². The monoisotopic (exact) mass is 314 g/mol. The molecule has 1 aromatic heterocycles. The van der Waals surface area contributed by atoms with Gasteiger partial charge in [0.25, 0.3) is 0 Å². The lowest BCUT2D eigenvalue weighted by atomic mass is 9.87. The van der Waals surface area contributed by atoms with Crippen molar-refractivity contribution in [3.8, 4) is 5.75 Å². The number of aromatic nitrogens is 2. The van der Waals surface area contributed by atoms with E-state index in [-0.39, 0.29) is 18.1 Å². The van der Waals surface area contributed by atoms with Gasteiger partial charge in [0.2, 0.25) is 0 Å². The van der Waals surface area contributed by atoms with Gasteiger partial charge in [0, 0.05) is 0 Å². The van der Waals surface area contributed by atoms with Crippen molar-refractivity contribution in [1.82, 2.24) is 9.55 Å². The third-order valence-corrected chi connectivity index (χ3v) is 4.21. The Morgan fingerprint density at radius 3 is 2.96 bits per heavy atom. The maximum atomic E-state index is 12.3. The van der Waals surface area contributed by atoms with E-state index in [1.807, 2.05) is 30.5 Å². The maximum Gasteiger partial charge on any atom is 0.356 e. The van der Waals surface area contributed by atoms with Crippen LogP contribution in [0.5, 0.6) is 5.75 Å². The molecular formula is C18H22N2O3. The molecule has 0 N–H and O–H groups in total. The first-order chi connectivity index (χ1) is 11.1. The van der Waals surface area contributed by atoms with Crippen LogP contribution in [0, 0.1) is 0 Å². The number of esters is 1. The average Bonchev–Trinajstić information content (AvgIpc) is 3.02. The summed E-state index contributed by atoms with van der Waals surface area (Å²) in [6.45, 7) is 3.69. The van der Waals surface area contributed by atoms with Crippen LogP contribution in [0.3, 0.4) is 0 Å². The average molecular weight is 314 g/mol. The smallest absolute Gasteiger partial charge is 0.356 e. The van der Waals surface area contributed by atoms with Crippen LogP contribution in [-0.2, 0) is 11.2 Å². The van der Waals surface area contributed by atoms with E-state index < -0.39 is 0 Å². The number of carbonyl (C=O) groups is 1. The van der Waals surface area contributed by atoms with Crippen molar-refractivity contribution >= 4 is 5.97 Å². The number of nitrogens with zero attached hydrogens (tertiary/aromatic N) is 2. The van der Waals surface area contributed by atoms with Crippen LogP contribution >= 0.6 is 0 Å². The number of benzene rings is 1. The van der Waals surface area contributed by atoms with Crippen LogP contribution in [0.2, 0.25) is 0 Å². The standard InChI is InChI=1S/C18H22N2O3/c1-12(2)23-18(21)16-10-19-11-20(16)15-8-4-7-14-13(15)6-5-9-17(14)22-3/h5-6,9-12,15H,4,7-8H2,1-3H3. The van der Waals surface area contributed by atoms with E-state index in [4.69, 9.17) is 9.47 Å². The second-order valence-electron chi connectivity index (χ2n) is 6.08. The molecule has 2 aromatic rings. The normalized spacial score (nSPS) is 17.0. The van der Waals surface area contributed by atoms with Crippen molar-refractivity contribution in [2.24, 2.45) is 0 Å². The highest BCUT2D eigenvalue weighted by Crippen LogP contribution is 2.38. The molecule has 1 aliphatic carbocycles. The van der Waals surface area contributed by atoms with Gasteiger partial charge in [0.1, 0.15) is 11.4 Å². The molecule has 0 bridgehead atoms. The third-order valence-electron chi connectivity index (χ3n) is 4.21. The molecule has 0 saturated heterocycles. The van der Waals surface area contributed by atoms with Crippen molar-refractivity contribution in [3.63, 3.8) is 0 Å². The summed E-state index contributed by atoms with van der Waals surface area (Å²) in [7, 11) is 1.70. The first kappa shape index (κ1) is 15.6. The van der Waals surface area contributed by atoms with Gasteiger partial charge in [-0.15, -0.1) is 0 Å². The molecule has 23 heavy (non-hydrogen) atoms. The molecule has 0 fully saturated rings. The second kappa shape index (κ2) is 6.44. The molecule has 1 atom stereocenters. The van der Waals surface area contributed by atoms with E-state index in [1.54, 1.807) is 19.6 Å². The van der Waals surface area contributed by atoms with E-state index in [0.717, 1.165) is 25.0 Å². The molecule has 1 unspecified atom stereocenters. The van der Waals surface area contributed by atoms with Crippen molar-refractivity contribution < 1.29 is 14.3 Å². The zero-order valence-corrected chi connectivity index (χ0v) is 13.8. The Hall–Kier alpha value is -2.30. The van der Waals surface area contributed by atoms with E-state index in [0.29, 0.717) is 5.69 Å². The summed E-state index contributed by atoms with van der Waals surface area (Å²) in [6.07, 6.45) is 6.17. The Balaban J connectivity index is 1.99. The largest absolute Gasteiger partial charge is 0.496 e. The van der Waals surface area contributed by atoms with Gasteiger partial charge >= 0.3 is 5.97 Å². The van der Waals surface area contributed by atoms with Gasteiger partial charge in [-0.2, -0.15) is 0 Å². The second-order valence-corrected chi connectivity index (χ2v) is 6.08. The summed E-state index contributed by atoms with van der Waals surface area (Å²) in [5, 5.41) is 0. The molecule has 1 aromatic carbocycles. The summed E-state index contributed by atoms with van der Waals surface area (Å²) in [5.74, 6) is 0.589. The number of hydrogen-bond donors (Lipinski definition) is 0. The Morgan fingerprint density at radius 2 is 2.22 bits per heavy atom. The number of imidazole rings is 1. The molecule has 0 saturated carbocycles. The Bertz CT molecular complexity index is 706. The lowest BCUT2D eigenvalue weighted by Crippen LogP contribution is -2.22. The molecule has 0 aliphatic heterocycles. The Morgan fingerprint density at radius 1 is 1.39 bits per heavy atom. The van der Waals surface area contributed by atoms with Gasteiger partial charge in [-0.1, -0.05) is 12.1 Å². The molecule has 1 aliphatic rings. The first-order valence-corrected chi connectivity index (χ1v) is 8.00. The molecule has 0 spiro atoms. The minimum absolute atomic E-state index is 0.0889. The molecule has 5 nitrogen and oxygen atoms in total. The fraction of sp³-hybridized carbons (Fsp3) is 0.444. The summed E-state index contributed by atoms with van der Waals surface area (Å²) >= 11 is 0. The van der Waals surface area contributed by atoms with Crippen molar-refractivity contribution in [2.45, 2.75) is 45.3 Å². The Kier molecular flexibility index (Phi) is 4.37. The van der Waals surface area contributed by atoms with E-state index in [1.165, 1.54) is 11.1 Å². The van der Waals surface area contributed by atoms with Crippen molar-refractivity contribution in [1.29, 1.82) is 0 Å². The van der Waals surface area contributed by atoms with Gasteiger partial charge in [-0.3, -0.25) is 0 Å².